The van der Waals surface area contributed by atoms with Crippen molar-refractivity contribution in [3.05, 3.63) is 59.8 Å². The number of aryl methyl sites for hydroxylation is 1. The van der Waals surface area contributed by atoms with Gasteiger partial charge in [0.2, 0.25) is 0 Å². The first kappa shape index (κ1) is 23.8. The number of halogens is 2. The lowest BCUT2D eigenvalue weighted by Crippen LogP contribution is -2.55. The minimum atomic E-state index is -0.666. The molecular weight excluding hydrogens is 410 g/mol. The second-order valence-corrected chi connectivity index (χ2v) is 8.91. The monoisotopic (exact) mass is 442 g/mol. The lowest BCUT2D eigenvalue weighted by atomic mass is 9.57. The smallest absolute Gasteiger partial charge is 0.317 e. The largest absolute Gasteiger partial charge is 0.338 e. The van der Waals surface area contributed by atoms with Crippen molar-refractivity contribution in [1.82, 2.24) is 20.4 Å². The second kappa shape index (κ2) is 9.35. The summed E-state index contributed by atoms with van der Waals surface area (Å²) >= 11 is 0. The van der Waals surface area contributed by atoms with Crippen molar-refractivity contribution in [1.29, 1.82) is 0 Å². The maximum atomic E-state index is 14.4. The Morgan fingerprint density at radius 1 is 1.28 bits per heavy atom. The normalized spacial score (nSPS) is 18.1. The fraction of sp³-hybridized carbons (Fsp3) is 0.480. The number of urea groups is 1. The maximum Gasteiger partial charge on any atom is 0.317 e. The molecule has 0 radical (unpaired) electrons. The van der Waals surface area contributed by atoms with Crippen LogP contribution < -0.4 is 5.32 Å². The molecule has 32 heavy (non-hydrogen) atoms. The van der Waals surface area contributed by atoms with Gasteiger partial charge in [-0.05, 0) is 62.3 Å². The number of carbonyl (C=O) groups excluding carboxylic acids is 1. The molecule has 1 aliphatic carbocycles. The topological polar surface area (TPSA) is 58.1 Å². The van der Waals surface area contributed by atoms with Crippen LogP contribution in [0.1, 0.15) is 51.8 Å². The quantitative estimate of drug-likeness (QED) is 0.595. The third kappa shape index (κ3) is 4.12. The first-order valence-corrected chi connectivity index (χ1v) is 11.2. The minimum absolute atomic E-state index is 0.126. The molecule has 7 heteroatoms. The van der Waals surface area contributed by atoms with Crippen molar-refractivity contribution >= 4 is 6.03 Å². The van der Waals surface area contributed by atoms with Gasteiger partial charge >= 0.3 is 6.03 Å². The first-order chi connectivity index (χ1) is 15.2. The molecule has 3 rings (SSSR count). The van der Waals surface area contributed by atoms with Crippen LogP contribution in [-0.2, 0) is 11.8 Å². The molecule has 0 saturated heterocycles. The van der Waals surface area contributed by atoms with Gasteiger partial charge in [-0.1, -0.05) is 26.0 Å². The molecule has 2 amide bonds. The summed E-state index contributed by atoms with van der Waals surface area (Å²) in [6, 6.07) is 5.39. The van der Waals surface area contributed by atoms with E-state index in [0.717, 1.165) is 30.5 Å². The number of carbonyl (C=O) groups is 1. The van der Waals surface area contributed by atoms with Gasteiger partial charge in [-0.3, -0.25) is 0 Å². The fourth-order valence-corrected chi connectivity index (χ4v) is 4.68. The Morgan fingerprint density at radius 2 is 1.97 bits per heavy atom. The molecule has 172 valence electrons. The van der Waals surface area contributed by atoms with E-state index in [2.05, 4.69) is 35.9 Å². The van der Waals surface area contributed by atoms with E-state index in [1.807, 2.05) is 19.9 Å². The van der Waals surface area contributed by atoms with Gasteiger partial charge in [0.05, 0.1) is 17.0 Å². The number of aromatic nitrogens is 2. The van der Waals surface area contributed by atoms with E-state index in [0.29, 0.717) is 19.6 Å². The van der Waals surface area contributed by atoms with Crippen LogP contribution in [0, 0.1) is 17.0 Å². The van der Waals surface area contributed by atoms with Gasteiger partial charge in [0.15, 0.2) is 0 Å². The number of nitrogens with zero attached hydrogens (tertiary/aromatic N) is 3. The number of benzene rings is 1. The number of hydrogen-bond acceptors (Lipinski definition) is 3. The van der Waals surface area contributed by atoms with Gasteiger partial charge in [0, 0.05) is 25.0 Å². The van der Waals surface area contributed by atoms with E-state index in [1.165, 1.54) is 18.2 Å². The molecule has 1 aromatic carbocycles. The van der Waals surface area contributed by atoms with Crippen LogP contribution in [0.5, 0.6) is 0 Å². The Bertz CT molecular complexity index is 987. The highest BCUT2D eigenvalue weighted by Crippen LogP contribution is 2.50. The maximum absolute atomic E-state index is 14.4. The van der Waals surface area contributed by atoms with Crippen LogP contribution in [0.3, 0.4) is 0 Å². The van der Waals surface area contributed by atoms with Crippen molar-refractivity contribution < 1.29 is 13.6 Å². The van der Waals surface area contributed by atoms with Gasteiger partial charge in [0.1, 0.15) is 11.6 Å². The molecule has 1 N–H and O–H groups in total. The van der Waals surface area contributed by atoms with Gasteiger partial charge < -0.3 is 10.2 Å². The van der Waals surface area contributed by atoms with E-state index in [9.17, 15) is 13.6 Å². The lowest BCUT2D eigenvalue weighted by Gasteiger charge is -2.49. The van der Waals surface area contributed by atoms with Gasteiger partial charge in [-0.25, -0.2) is 13.6 Å². The summed E-state index contributed by atoms with van der Waals surface area (Å²) in [6.45, 7) is 13.6. The van der Waals surface area contributed by atoms with Crippen LogP contribution in [0.4, 0.5) is 13.6 Å². The zero-order valence-electron chi connectivity index (χ0n) is 19.3. The Hall–Kier alpha value is -2.83. The molecule has 1 aliphatic rings. The summed E-state index contributed by atoms with van der Waals surface area (Å²) in [5.74, 6) is -1.33. The Balaban J connectivity index is 2.14. The molecule has 1 aromatic heterocycles. The van der Waals surface area contributed by atoms with Crippen LogP contribution >= 0.6 is 0 Å². The average molecular weight is 443 g/mol. The number of rotatable bonds is 7. The molecule has 0 fully saturated rings. The van der Waals surface area contributed by atoms with Crippen LogP contribution in [-0.4, -0.2) is 40.8 Å². The molecule has 1 heterocycles. The van der Waals surface area contributed by atoms with E-state index >= 15 is 0 Å². The van der Waals surface area contributed by atoms with Crippen molar-refractivity contribution in [2.24, 2.45) is 5.41 Å². The molecule has 1 atom stereocenters. The number of allylic oxidation sites excluding steroid dienone is 1. The minimum Gasteiger partial charge on any atom is -0.338 e. The highest BCUT2D eigenvalue weighted by Gasteiger charge is 2.50. The molecule has 0 aliphatic heterocycles. The van der Waals surface area contributed by atoms with Crippen molar-refractivity contribution in [2.75, 3.05) is 19.6 Å². The first-order valence-electron chi connectivity index (χ1n) is 11.2. The zero-order valence-corrected chi connectivity index (χ0v) is 19.3. The number of hydrogen-bond donors (Lipinski definition) is 1. The third-order valence-electron chi connectivity index (χ3n) is 6.80. The highest BCUT2D eigenvalue weighted by molar-refractivity contribution is 5.74. The number of fused-ring (bicyclic) bond motifs is 1. The van der Waals surface area contributed by atoms with Crippen LogP contribution in [0.2, 0.25) is 0 Å². The Kier molecular flexibility index (Phi) is 6.96. The second-order valence-electron chi connectivity index (χ2n) is 8.91. The predicted molar refractivity (Wildman–Crippen MR) is 122 cm³/mol. The molecule has 0 unspecified atom stereocenters. The summed E-state index contributed by atoms with van der Waals surface area (Å²) in [5, 5.41) is 11.7. The zero-order chi connectivity index (χ0) is 23.5. The SMILES string of the molecule is C=CC(C)(C)[C@]1(CN(CC)C(=O)NCC)CCCc2cc(-c3c(F)cccc3F)nnc21. The average Bonchev–Trinajstić information content (AvgIpc) is 2.77. The Morgan fingerprint density at radius 3 is 2.56 bits per heavy atom. The van der Waals surface area contributed by atoms with Crippen molar-refractivity contribution in [3.8, 4) is 11.3 Å². The van der Waals surface area contributed by atoms with Crippen LogP contribution in [0.25, 0.3) is 11.3 Å². The molecule has 2 aromatic rings. The number of nitrogens with one attached hydrogen (secondary N) is 1. The Labute approximate surface area is 188 Å². The molecular formula is C25H32F2N4O. The molecule has 0 saturated carbocycles. The third-order valence-corrected chi connectivity index (χ3v) is 6.80. The fourth-order valence-electron chi connectivity index (χ4n) is 4.68. The summed E-state index contributed by atoms with van der Waals surface area (Å²) in [7, 11) is 0. The predicted octanol–water partition coefficient (Wildman–Crippen LogP) is 5.26. The van der Waals surface area contributed by atoms with E-state index in [1.54, 1.807) is 11.0 Å². The molecule has 5 nitrogen and oxygen atoms in total. The lowest BCUT2D eigenvalue weighted by molar-refractivity contribution is 0.118. The van der Waals surface area contributed by atoms with Crippen molar-refractivity contribution in [2.45, 2.75) is 52.4 Å². The summed E-state index contributed by atoms with van der Waals surface area (Å²) in [6.07, 6.45) is 4.30. The highest BCUT2D eigenvalue weighted by atomic mass is 19.1. The number of likely N-dealkylation sites (N-methyl/N-ethyl adjacent to an activating group) is 1. The summed E-state index contributed by atoms with van der Waals surface area (Å²) in [4.78, 5) is 14.5. The van der Waals surface area contributed by atoms with E-state index in [-0.39, 0.29) is 17.3 Å². The van der Waals surface area contributed by atoms with Gasteiger partial charge in [-0.15, -0.1) is 6.58 Å². The standard InChI is InChI=1S/C25H32F2N4O/c1-6-24(4,5)25(16-31(8-3)23(32)28-7-2)14-10-11-17-15-20(29-30-22(17)25)21-18(26)12-9-13-19(21)27/h6,9,12-13,15H,1,7-8,10-11,14,16H2,2-5H3,(H,28,32)/t25-/m0/s1. The van der Waals surface area contributed by atoms with Gasteiger partial charge in [-0.2, -0.15) is 10.2 Å². The summed E-state index contributed by atoms with van der Waals surface area (Å²) < 4.78 is 28.7. The van der Waals surface area contributed by atoms with Crippen LogP contribution in [0.15, 0.2) is 36.9 Å². The summed E-state index contributed by atoms with van der Waals surface area (Å²) in [5.41, 5.74) is 0.773. The number of amides is 2. The van der Waals surface area contributed by atoms with E-state index in [4.69, 9.17) is 0 Å². The van der Waals surface area contributed by atoms with E-state index < -0.39 is 22.5 Å². The molecule has 0 spiro atoms. The molecule has 0 bridgehead atoms. The van der Waals surface area contributed by atoms with Crippen molar-refractivity contribution in [3.63, 3.8) is 0 Å². The van der Waals surface area contributed by atoms with Gasteiger partial charge in [0.25, 0.3) is 0 Å².